The summed E-state index contributed by atoms with van der Waals surface area (Å²) in [6, 6.07) is 0.514. The molecule has 0 aromatic heterocycles. The summed E-state index contributed by atoms with van der Waals surface area (Å²) in [6.45, 7) is 3.09. The second-order valence-electron chi connectivity index (χ2n) is 2.24. The maximum Gasteiger partial charge on any atom is 0.0343 e. The van der Waals surface area contributed by atoms with E-state index in [1.165, 1.54) is 12.8 Å². The van der Waals surface area contributed by atoms with Gasteiger partial charge in [-0.15, -0.1) is 24.8 Å². The number of hydrogen-bond donors (Lipinski definition) is 1. The van der Waals surface area contributed by atoms with E-state index in [4.69, 9.17) is 5.90 Å². The molecule has 5 heteroatoms. The second kappa shape index (κ2) is 6.19. The van der Waals surface area contributed by atoms with Crippen LogP contribution in [0.25, 0.3) is 0 Å². The molecule has 0 spiro atoms. The van der Waals surface area contributed by atoms with E-state index in [0.29, 0.717) is 6.04 Å². The molecule has 1 aliphatic heterocycles. The lowest BCUT2D eigenvalue weighted by Gasteiger charge is -2.15. The van der Waals surface area contributed by atoms with Gasteiger partial charge in [0.25, 0.3) is 0 Å². The summed E-state index contributed by atoms with van der Waals surface area (Å²) < 4.78 is 0. The Labute approximate surface area is 73.6 Å². The van der Waals surface area contributed by atoms with Gasteiger partial charge in [0.15, 0.2) is 0 Å². The molecule has 64 valence electrons. The van der Waals surface area contributed by atoms with Crippen LogP contribution in [-0.2, 0) is 4.94 Å². The van der Waals surface area contributed by atoms with Gasteiger partial charge in [0, 0.05) is 12.6 Å². The SMILES string of the molecule is C[C@@H]1CCCN1ON.Cl.Cl. The van der Waals surface area contributed by atoms with E-state index in [1.807, 2.05) is 0 Å². The van der Waals surface area contributed by atoms with E-state index in [9.17, 15) is 0 Å². The fourth-order valence-corrected chi connectivity index (χ4v) is 1.06. The van der Waals surface area contributed by atoms with E-state index in [0.717, 1.165) is 6.54 Å². The minimum Gasteiger partial charge on any atom is -0.214 e. The monoisotopic (exact) mass is 188 g/mol. The van der Waals surface area contributed by atoms with Crippen molar-refractivity contribution in [2.24, 2.45) is 5.90 Å². The molecule has 0 saturated carbocycles. The molecule has 0 aromatic rings. The van der Waals surface area contributed by atoms with Crippen LogP contribution in [0, 0.1) is 0 Å². The van der Waals surface area contributed by atoms with Gasteiger partial charge in [0.2, 0.25) is 0 Å². The summed E-state index contributed by atoms with van der Waals surface area (Å²) in [5.41, 5.74) is 0. The molecule has 0 amide bonds. The molecule has 0 unspecified atom stereocenters. The van der Waals surface area contributed by atoms with Crippen molar-refractivity contribution < 1.29 is 4.94 Å². The van der Waals surface area contributed by atoms with E-state index in [1.54, 1.807) is 5.06 Å². The number of nitrogens with two attached hydrogens (primary N) is 1. The molecule has 0 bridgehead atoms. The molecule has 0 radical (unpaired) electrons. The average Bonchev–Trinajstić information content (AvgIpc) is 2.14. The number of nitrogens with zero attached hydrogens (tertiary/aromatic N) is 1. The number of rotatable bonds is 1. The largest absolute Gasteiger partial charge is 0.214 e. The molecule has 1 heterocycles. The first kappa shape index (κ1) is 13.1. The van der Waals surface area contributed by atoms with Crippen molar-refractivity contribution in [3.05, 3.63) is 0 Å². The van der Waals surface area contributed by atoms with Crippen LogP contribution < -0.4 is 5.90 Å². The van der Waals surface area contributed by atoms with Gasteiger partial charge < -0.3 is 0 Å². The van der Waals surface area contributed by atoms with Gasteiger partial charge in [-0.2, -0.15) is 11.0 Å². The first-order chi connectivity index (χ1) is 3.84. The van der Waals surface area contributed by atoms with Crippen LogP contribution in [0.4, 0.5) is 0 Å². The quantitative estimate of drug-likeness (QED) is 0.628. The first-order valence-corrected chi connectivity index (χ1v) is 2.98. The maximum absolute atomic E-state index is 4.95. The van der Waals surface area contributed by atoms with Crippen molar-refractivity contribution in [3.8, 4) is 0 Å². The van der Waals surface area contributed by atoms with Gasteiger partial charge >= 0.3 is 0 Å². The minimum atomic E-state index is 0. The zero-order valence-corrected chi connectivity index (χ0v) is 7.58. The third-order valence-corrected chi connectivity index (χ3v) is 1.63. The smallest absolute Gasteiger partial charge is 0.0343 e. The van der Waals surface area contributed by atoms with E-state index in [-0.39, 0.29) is 24.8 Å². The van der Waals surface area contributed by atoms with Crippen molar-refractivity contribution in [3.63, 3.8) is 0 Å². The molecule has 0 aromatic carbocycles. The summed E-state index contributed by atoms with van der Waals surface area (Å²) in [5, 5.41) is 1.81. The molecular formula is C5H14Cl2N2O. The Morgan fingerprint density at radius 2 is 2.10 bits per heavy atom. The summed E-state index contributed by atoms with van der Waals surface area (Å²) in [5.74, 6) is 4.95. The first-order valence-electron chi connectivity index (χ1n) is 2.98. The normalized spacial score (nSPS) is 25.2. The Bertz CT molecular complexity index is 84.0. The third kappa shape index (κ3) is 3.03. The molecule has 2 N–H and O–H groups in total. The fourth-order valence-electron chi connectivity index (χ4n) is 1.06. The van der Waals surface area contributed by atoms with E-state index in [2.05, 4.69) is 11.9 Å². The Morgan fingerprint density at radius 1 is 1.50 bits per heavy atom. The second-order valence-corrected chi connectivity index (χ2v) is 2.24. The van der Waals surface area contributed by atoms with Crippen molar-refractivity contribution in [2.45, 2.75) is 25.8 Å². The zero-order valence-electron chi connectivity index (χ0n) is 5.95. The van der Waals surface area contributed by atoms with Crippen LogP contribution in [0.2, 0.25) is 0 Å². The van der Waals surface area contributed by atoms with Crippen LogP contribution in [0.3, 0.4) is 0 Å². The summed E-state index contributed by atoms with van der Waals surface area (Å²) >= 11 is 0. The minimum absolute atomic E-state index is 0. The van der Waals surface area contributed by atoms with Crippen LogP contribution >= 0.6 is 24.8 Å². The highest BCUT2D eigenvalue weighted by molar-refractivity contribution is 5.85. The summed E-state index contributed by atoms with van der Waals surface area (Å²) in [6.07, 6.45) is 2.41. The average molecular weight is 189 g/mol. The predicted octanol–water partition coefficient (Wildman–Crippen LogP) is 1.12. The Morgan fingerprint density at radius 3 is 2.30 bits per heavy atom. The lowest BCUT2D eigenvalue weighted by Crippen LogP contribution is -2.29. The highest BCUT2D eigenvalue weighted by Gasteiger charge is 2.19. The molecule has 1 fully saturated rings. The van der Waals surface area contributed by atoms with Gasteiger partial charge in [-0.1, -0.05) is 0 Å². The van der Waals surface area contributed by atoms with Gasteiger partial charge in [-0.3, -0.25) is 0 Å². The molecule has 1 rings (SSSR count). The van der Waals surface area contributed by atoms with Crippen LogP contribution in [0.15, 0.2) is 0 Å². The maximum atomic E-state index is 4.95. The predicted molar refractivity (Wildman–Crippen MR) is 45.2 cm³/mol. The van der Waals surface area contributed by atoms with Gasteiger partial charge in [0.1, 0.15) is 0 Å². The van der Waals surface area contributed by atoms with Crippen LogP contribution in [0.1, 0.15) is 19.8 Å². The third-order valence-electron chi connectivity index (χ3n) is 1.63. The van der Waals surface area contributed by atoms with Gasteiger partial charge in [0.05, 0.1) is 0 Å². The lowest BCUT2D eigenvalue weighted by atomic mass is 10.3. The summed E-state index contributed by atoms with van der Waals surface area (Å²) in [4.78, 5) is 4.56. The van der Waals surface area contributed by atoms with Crippen LogP contribution in [-0.4, -0.2) is 17.6 Å². The van der Waals surface area contributed by atoms with Crippen molar-refractivity contribution in [1.82, 2.24) is 5.06 Å². The Hall–Kier alpha value is 0.460. The highest BCUT2D eigenvalue weighted by atomic mass is 35.5. The molecule has 3 nitrogen and oxygen atoms in total. The Kier molecular flexibility index (Phi) is 8.09. The Balaban J connectivity index is 0. The van der Waals surface area contributed by atoms with Crippen molar-refractivity contribution >= 4 is 24.8 Å². The van der Waals surface area contributed by atoms with Crippen molar-refractivity contribution in [1.29, 1.82) is 0 Å². The number of halogens is 2. The lowest BCUT2D eigenvalue weighted by molar-refractivity contribution is -0.168. The van der Waals surface area contributed by atoms with E-state index >= 15 is 0 Å². The topological polar surface area (TPSA) is 38.5 Å². The van der Waals surface area contributed by atoms with Gasteiger partial charge in [-0.25, -0.2) is 4.94 Å². The molecular weight excluding hydrogens is 175 g/mol. The zero-order chi connectivity index (χ0) is 5.98. The molecule has 1 atom stereocenters. The van der Waals surface area contributed by atoms with Gasteiger partial charge in [-0.05, 0) is 19.8 Å². The van der Waals surface area contributed by atoms with Crippen molar-refractivity contribution in [2.75, 3.05) is 6.54 Å². The summed E-state index contributed by atoms with van der Waals surface area (Å²) in [7, 11) is 0. The standard InChI is InChI=1S/C5H12N2O.2ClH/c1-5-3-2-4-7(5)8-6;;/h5H,2-4,6H2,1H3;2*1H/t5-;;/m1../s1. The molecule has 10 heavy (non-hydrogen) atoms. The number of hydroxylamine groups is 2. The molecule has 1 saturated heterocycles. The van der Waals surface area contributed by atoms with Crippen LogP contribution in [0.5, 0.6) is 0 Å². The fraction of sp³-hybridized carbons (Fsp3) is 1.00. The number of hydrogen-bond acceptors (Lipinski definition) is 3. The van der Waals surface area contributed by atoms with E-state index < -0.39 is 0 Å². The molecule has 1 aliphatic rings. The highest BCUT2D eigenvalue weighted by Crippen LogP contribution is 2.14. The molecule has 0 aliphatic carbocycles.